The Balaban J connectivity index is 0.00000144. The van der Waals surface area contributed by atoms with Gasteiger partial charge in [-0.1, -0.05) is 24.3 Å². The molecular formula is C12H10Na2O4. The summed E-state index contributed by atoms with van der Waals surface area (Å²) in [6.07, 6.45) is 0. The number of benzene rings is 2. The van der Waals surface area contributed by atoms with Gasteiger partial charge in [0.2, 0.25) is 0 Å². The van der Waals surface area contributed by atoms with E-state index in [9.17, 15) is 9.59 Å². The third-order valence-corrected chi connectivity index (χ3v) is 2.37. The van der Waals surface area contributed by atoms with Gasteiger partial charge in [0.25, 0.3) is 0 Å². The Bertz CT molecular complexity index is 547. The molecule has 4 nitrogen and oxygen atoms in total. The Morgan fingerprint density at radius 2 is 1.17 bits per heavy atom. The Morgan fingerprint density at radius 3 is 1.50 bits per heavy atom. The molecule has 0 saturated carbocycles. The second-order valence-corrected chi connectivity index (χ2v) is 3.32. The van der Waals surface area contributed by atoms with E-state index in [1.54, 1.807) is 24.3 Å². The van der Waals surface area contributed by atoms with Gasteiger partial charge in [0.15, 0.2) is 0 Å². The predicted molar refractivity (Wildman–Crippen MR) is 72.2 cm³/mol. The fourth-order valence-electron chi connectivity index (χ4n) is 1.70. The van der Waals surface area contributed by atoms with E-state index < -0.39 is 11.9 Å². The first-order chi connectivity index (χ1) is 7.61. The van der Waals surface area contributed by atoms with Gasteiger partial charge in [-0.25, -0.2) is 9.59 Å². The number of carbonyl (C=O) groups is 2. The molecule has 0 unspecified atom stereocenters. The number of fused-ring (bicyclic) bond motifs is 1. The van der Waals surface area contributed by atoms with Crippen LogP contribution < -0.4 is 0 Å². The SMILES string of the molecule is O=C(O)c1cccc2cccc(C(=O)O)c12.[NaH].[NaH]. The van der Waals surface area contributed by atoms with Crippen molar-refractivity contribution >= 4 is 81.8 Å². The second kappa shape index (κ2) is 7.28. The predicted octanol–water partition coefficient (Wildman–Crippen LogP) is 0.939. The fourth-order valence-corrected chi connectivity index (χ4v) is 1.70. The Kier molecular flexibility index (Phi) is 7.14. The number of carboxylic acid groups (broad SMARTS) is 2. The van der Waals surface area contributed by atoms with Crippen molar-refractivity contribution in [2.24, 2.45) is 0 Å². The molecule has 0 aliphatic heterocycles. The Morgan fingerprint density at radius 1 is 0.778 bits per heavy atom. The zero-order valence-electron chi connectivity index (χ0n) is 8.18. The summed E-state index contributed by atoms with van der Waals surface area (Å²) >= 11 is 0. The molecule has 0 radical (unpaired) electrons. The maximum absolute atomic E-state index is 11.0. The summed E-state index contributed by atoms with van der Waals surface area (Å²) in [4.78, 5) is 22.0. The van der Waals surface area contributed by atoms with E-state index in [0.717, 1.165) is 0 Å². The van der Waals surface area contributed by atoms with Crippen LogP contribution in [0.15, 0.2) is 36.4 Å². The average molecular weight is 264 g/mol. The van der Waals surface area contributed by atoms with E-state index in [1.165, 1.54) is 12.1 Å². The summed E-state index contributed by atoms with van der Waals surface area (Å²) < 4.78 is 0. The van der Waals surface area contributed by atoms with Gasteiger partial charge in [0.1, 0.15) is 0 Å². The van der Waals surface area contributed by atoms with E-state index in [1.807, 2.05) is 0 Å². The van der Waals surface area contributed by atoms with Gasteiger partial charge in [0, 0.05) is 5.39 Å². The van der Waals surface area contributed by atoms with Crippen molar-refractivity contribution in [1.82, 2.24) is 0 Å². The van der Waals surface area contributed by atoms with Crippen molar-refractivity contribution in [3.8, 4) is 0 Å². The molecule has 0 aromatic heterocycles. The van der Waals surface area contributed by atoms with Crippen molar-refractivity contribution in [3.05, 3.63) is 47.5 Å². The van der Waals surface area contributed by atoms with Crippen LogP contribution in [0.2, 0.25) is 0 Å². The first kappa shape index (κ1) is 17.6. The number of hydrogen-bond acceptors (Lipinski definition) is 2. The average Bonchev–Trinajstić information content (AvgIpc) is 2.27. The molecule has 0 atom stereocenters. The minimum absolute atomic E-state index is 0. The van der Waals surface area contributed by atoms with Crippen molar-refractivity contribution in [1.29, 1.82) is 0 Å². The molecule has 0 spiro atoms. The van der Waals surface area contributed by atoms with Crippen LogP contribution in [0.4, 0.5) is 0 Å². The van der Waals surface area contributed by atoms with E-state index in [-0.39, 0.29) is 75.6 Å². The summed E-state index contributed by atoms with van der Waals surface area (Å²) in [6.45, 7) is 0. The summed E-state index contributed by atoms with van der Waals surface area (Å²) in [6, 6.07) is 9.37. The third kappa shape index (κ3) is 3.35. The number of aromatic carboxylic acids is 2. The van der Waals surface area contributed by atoms with Gasteiger partial charge in [0.05, 0.1) is 11.1 Å². The van der Waals surface area contributed by atoms with Crippen LogP contribution >= 0.6 is 0 Å². The molecule has 0 heterocycles. The standard InChI is InChI=1S/C12H8O4.2Na.2H/c13-11(14)8-5-1-3-7-4-2-6-9(10(7)8)12(15)16;;;;/h1-6H,(H,13,14)(H,15,16);;;;. The van der Waals surface area contributed by atoms with E-state index in [2.05, 4.69) is 0 Å². The zero-order chi connectivity index (χ0) is 11.7. The molecule has 2 aromatic rings. The molecule has 0 amide bonds. The monoisotopic (exact) mass is 264 g/mol. The van der Waals surface area contributed by atoms with Crippen LogP contribution in [0, 0.1) is 0 Å². The molecular weight excluding hydrogens is 254 g/mol. The molecule has 18 heavy (non-hydrogen) atoms. The van der Waals surface area contributed by atoms with Crippen molar-refractivity contribution in [2.45, 2.75) is 0 Å². The topological polar surface area (TPSA) is 74.6 Å². The molecule has 0 fully saturated rings. The maximum atomic E-state index is 11.0. The normalized spacial score (nSPS) is 9.11. The van der Waals surface area contributed by atoms with Crippen LogP contribution in [0.1, 0.15) is 20.7 Å². The molecule has 84 valence electrons. The van der Waals surface area contributed by atoms with Crippen LogP contribution in [0.5, 0.6) is 0 Å². The van der Waals surface area contributed by atoms with E-state index >= 15 is 0 Å². The van der Waals surface area contributed by atoms with Gasteiger partial charge in [-0.2, -0.15) is 0 Å². The Labute approximate surface area is 148 Å². The van der Waals surface area contributed by atoms with Crippen LogP contribution in [-0.4, -0.2) is 81.3 Å². The zero-order valence-corrected chi connectivity index (χ0v) is 8.18. The van der Waals surface area contributed by atoms with Crippen molar-refractivity contribution in [3.63, 3.8) is 0 Å². The second-order valence-electron chi connectivity index (χ2n) is 3.32. The summed E-state index contributed by atoms with van der Waals surface area (Å²) in [7, 11) is 0. The first-order valence-electron chi connectivity index (χ1n) is 4.59. The minimum atomic E-state index is -1.13. The summed E-state index contributed by atoms with van der Waals surface area (Å²) in [5, 5.41) is 18.9. The number of rotatable bonds is 2. The van der Waals surface area contributed by atoms with Crippen molar-refractivity contribution in [2.75, 3.05) is 0 Å². The molecule has 2 aromatic carbocycles. The fraction of sp³-hybridized carbons (Fsp3) is 0. The molecule has 0 bridgehead atoms. The quantitative estimate of drug-likeness (QED) is 0.791. The van der Waals surface area contributed by atoms with Gasteiger partial charge < -0.3 is 10.2 Å². The molecule has 0 aliphatic rings. The number of hydrogen-bond donors (Lipinski definition) is 2. The van der Waals surface area contributed by atoms with Gasteiger partial charge in [-0.3, -0.25) is 0 Å². The third-order valence-electron chi connectivity index (χ3n) is 2.37. The van der Waals surface area contributed by atoms with E-state index in [4.69, 9.17) is 10.2 Å². The Hall–Kier alpha value is -0.360. The molecule has 6 heteroatoms. The van der Waals surface area contributed by atoms with Crippen molar-refractivity contribution < 1.29 is 19.8 Å². The molecule has 2 rings (SSSR count). The molecule has 0 saturated heterocycles. The van der Waals surface area contributed by atoms with Gasteiger partial charge >= 0.3 is 71.1 Å². The van der Waals surface area contributed by atoms with E-state index in [0.29, 0.717) is 5.39 Å². The van der Waals surface area contributed by atoms with Gasteiger partial charge in [-0.15, -0.1) is 0 Å². The van der Waals surface area contributed by atoms with Crippen LogP contribution in [0.3, 0.4) is 0 Å². The first-order valence-corrected chi connectivity index (χ1v) is 4.59. The summed E-state index contributed by atoms with van der Waals surface area (Å²) in [5.74, 6) is -2.25. The molecule has 0 aliphatic carbocycles. The summed E-state index contributed by atoms with van der Waals surface area (Å²) in [5.41, 5.74) is 0.0194. The van der Waals surface area contributed by atoms with Crippen LogP contribution in [0.25, 0.3) is 10.8 Å². The number of carboxylic acids is 2. The van der Waals surface area contributed by atoms with Crippen LogP contribution in [-0.2, 0) is 0 Å². The molecule has 2 N–H and O–H groups in total. The van der Waals surface area contributed by atoms with Gasteiger partial charge in [-0.05, 0) is 17.5 Å².